The quantitative estimate of drug-likeness (QED) is 0.863. The zero-order chi connectivity index (χ0) is 15.6. The fourth-order valence-corrected chi connectivity index (χ4v) is 4.91. The minimum atomic E-state index is -3.23. The Bertz CT molecular complexity index is 607. The van der Waals surface area contributed by atoms with Gasteiger partial charge >= 0.3 is 0 Å². The van der Waals surface area contributed by atoms with Crippen LogP contribution in [0.1, 0.15) is 13.8 Å². The largest absolute Gasteiger partial charge is 0.473 e. The van der Waals surface area contributed by atoms with Gasteiger partial charge in [0.15, 0.2) is 15.7 Å². The number of anilines is 2. The summed E-state index contributed by atoms with van der Waals surface area (Å²) in [7, 11) is -3.23. The Labute approximate surface area is 129 Å². The van der Waals surface area contributed by atoms with E-state index in [2.05, 4.69) is 9.97 Å². The maximum atomic E-state index is 12.0. The zero-order valence-electron chi connectivity index (χ0n) is 12.3. The molecule has 0 amide bonds. The molecule has 1 saturated heterocycles. The van der Waals surface area contributed by atoms with Gasteiger partial charge in [-0.3, -0.25) is 0 Å². The van der Waals surface area contributed by atoms with Crippen LogP contribution < -0.4 is 15.4 Å². The molecule has 2 N–H and O–H groups in total. The van der Waals surface area contributed by atoms with Gasteiger partial charge in [0, 0.05) is 24.3 Å². The van der Waals surface area contributed by atoms with Crippen molar-refractivity contribution in [3.63, 3.8) is 0 Å². The standard InChI is InChI=1S/C12H20N4O3S2/c1-8(2)19-12-10(13)11(14-7-15-12)16-4-5-20-6-9(16)21(3,17)18/h7-9H,4-6,13H2,1-3H3. The number of nitrogen functional groups attached to an aromatic ring is 1. The van der Waals surface area contributed by atoms with E-state index in [0.717, 1.165) is 5.75 Å². The number of hydrogen-bond donors (Lipinski definition) is 1. The molecule has 0 saturated carbocycles. The first-order valence-electron chi connectivity index (χ1n) is 6.61. The van der Waals surface area contributed by atoms with E-state index >= 15 is 0 Å². The van der Waals surface area contributed by atoms with Crippen molar-refractivity contribution in [1.29, 1.82) is 0 Å². The van der Waals surface area contributed by atoms with Crippen LogP contribution >= 0.6 is 11.8 Å². The van der Waals surface area contributed by atoms with E-state index < -0.39 is 15.2 Å². The fourth-order valence-electron chi connectivity index (χ4n) is 2.09. The molecule has 1 aliphatic rings. The van der Waals surface area contributed by atoms with Crippen LogP contribution in [-0.4, -0.2) is 54.2 Å². The van der Waals surface area contributed by atoms with Crippen LogP contribution in [0, 0.1) is 0 Å². The van der Waals surface area contributed by atoms with Gasteiger partial charge in [-0.25, -0.2) is 13.4 Å². The first-order valence-corrected chi connectivity index (χ1v) is 9.72. The van der Waals surface area contributed by atoms with Crippen molar-refractivity contribution < 1.29 is 13.2 Å². The number of nitrogens with two attached hydrogens (primary N) is 1. The maximum absolute atomic E-state index is 12.0. The van der Waals surface area contributed by atoms with Crippen LogP contribution in [0.4, 0.5) is 11.5 Å². The van der Waals surface area contributed by atoms with Gasteiger partial charge in [0.1, 0.15) is 17.4 Å². The Balaban J connectivity index is 2.39. The second kappa shape index (κ2) is 6.27. The molecule has 0 radical (unpaired) electrons. The summed E-state index contributed by atoms with van der Waals surface area (Å²) < 4.78 is 29.5. The van der Waals surface area contributed by atoms with E-state index in [1.165, 1.54) is 12.6 Å². The summed E-state index contributed by atoms with van der Waals surface area (Å²) in [4.78, 5) is 9.92. The van der Waals surface area contributed by atoms with Crippen LogP contribution in [0.2, 0.25) is 0 Å². The number of hydrogen-bond acceptors (Lipinski definition) is 8. The van der Waals surface area contributed by atoms with Crippen molar-refractivity contribution in [3.8, 4) is 5.88 Å². The molecule has 1 unspecified atom stereocenters. The average molecular weight is 332 g/mol. The summed E-state index contributed by atoms with van der Waals surface area (Å²) in [5, 5.41) is -0.625. The highest BCUT2D eigenvalue weighted by Gasteiger charge is 2.33. The topological polar surface area (TPSA) is 98.4 Å². The average Bonchev–Trinajstić information content (AvgIpc) is 2.40. The Hall–Kier alpha value is -1.22. The molecule has 9 heteroatoms. The zero-order valence-corrected chi connectivity index (χ0v) is 13.9. The van der Waals surface area contributed by atoms with E-state index in [4.69, 9.17) is 10.5 Å². The van der Waals surface area contributed by atoms with Gasteiger partial charge in [0.25, 0.3) is 0 Å². The van der Waals surface area contributed by atoms with Crippen molar-refractivity contribution >= 4 is 33.1 Å². The van der Waals surface area contributed by atoms with Crippen LogP contribution in [0.15, 0.2) is 6.33 Å². The van der Waals surface area contributed by atoms with Crippen LogP contribution in [0.5, 0.6) is 5.88 Å². The first-order chi connectivity index (χ1) is 9.80. The predicted octanol–water partition coefficient (Wildman–Crippen LogP) is 0.770. The van der Waals surface area contributed by atoms with Gasteiger partial charge < -0.3 is 15.4 Å². The van der Waals surface area contributed by atoms with Crippen molar-refractivity contribution in [3.05, 3.63) is 6.33 Å². The molecule has 0 bridgehead atoms. The third kappa shape index (κ3) is 3.70. The van der Waals surface area contributed by atoms with E-state index in [-0.39, 0.29) is 11.8 Å². The molecule has 0 aromatic carbocycles. The molecule has 118 valence electrons. The van der Waals surface area contributed by atoms with Gasteiger partial charge in [-0.15, -0.1) is 0 Å². The summed E-state index contributed by atoms with van der Waals surface area (Å²) in [6.45, 7) is 4.32. The molecule has 0 aliphatic carbocycles. The third-order valence-corrected chi connectivity index (χ3v) is 5.67. The monoisotopic (exact) mass is 332 g/mol. The Morgan fingerprint density at radius 2 is 2.19 bits per heavy atom. The molecule has 1 atom stereocenters. The van der Waals surface area contributed by atoms with Crippen LogP contribution in [0.3, 0.4) is 0 Å². The number of thioether (sulfide) groups is 1. The maximum Gasteiger partial charge on any atom is 0.242 e. The Morgan fingerprint density at radius 1 is 1.48 bits per heavy atom. The first kappa shape index (κ1) is 16.2. The summed E-state index contributed by atoms with van der Waals surface area (Å²) >= 11 is 1.61. The van der Waals surface area contributed by atoms with Crippen LogP contribution in [-0.2, 0) is 9.84 Å². The summed E-state index contributed by atoms with van der Waals surface area (Å²) in [5.41, 5.74) is 6.36. The second-order valence-corrected chi connectivity index (χ2v) is 8.49. The lowest BCUT2D eigenvalue weighted by atomic mass is 10.3. The summed E-state index contributed by atoms with van der Waals surface area (Å²) in [5.74, 6) is 2.05. The minimum Gasteiger partial charge on any atom is -0.473 e. The van der Waals surface area contributed by atoms with E-state index in [0.29, 0.717) is 24.0 Å². The lowest BCUT2D eigenvalue weighted by molar-refractivity contribution is 0.234. The Kier molecular flexibility index (Phi) is 4.82. The lowest BCUT2D eigenvalue weighted by Crippen LogP contribution is -2.47. The number of sulfone groups is 1. The van der Waals surface area contributed by atoms with Gasteiger partial charge in [-0.2, -0.15) is 16.7 Å². The third-order valence-electron chi connectivity index (χ3n) is 3.02. The van der Waals surface area contributed by atoms with Crippen molar-refractivity contribution in [2.45, 2.75) is 25.3 Å². The molecular formula is C12H20N4O3S2. The molecule has 1 fully saturated rings. The highest BCUT2D eigenvalue weighted by molar-refractivity contribution is 8.01. The number of aromatic nitrogens is 2. The van der Waals surface area contributed by atoms with Gasteiger partial charge in [-0.1, -0.05) is 0 Å². The van der Waals surface area contributed by atoms with Crippen molar-refractivity contribution in [2.75, 3.05) is 34.9 Å². The molecule has 2 heterocycles. The van der Waals surface area contributed by atoms with Crippen LogP contribution in [0.25, 0.3) is 0 Å². The van der Waals surface area contributed by atoms with E-state index in [9.17, 15) is 8.42 Å². The summed E-state index contributed by atoms with van der Waals surface area (Å²) in [6.07, 6.45) is 2.52. The molecule has 1 aromatic rings. The number of nitrogens with zero attached hydrogens (tertiary/aromatic N) is 3. The smallest absolute Gasteiger partial charge is 0.242 e. The fraction of sp³-hybridized carbons (Fsp3) is 0.667. The number of rotatable bonds is 4. The molecule has 1 aromatic heterocycles. The van der Waals surface area contributed by atoms with Gasteiger partial charge in [0.05, 0.1) is 6.10 Å². The second-order valence-electron chi connectivity index (χ2n) is 5.14. The summed E-state index contributed by atoms with van der Waals surface area (Å²) in [6, 6.07) is 0. The normalized spacial score (nSPS) is 19.8. The highest BCUT2D eigenvalue weighted by Crippen LogP contribution is 2.33. The molecule has 2 rings (SSSR count). The predicted molar refractivity (Wildman–Crippen MR) is 85.5 cm³/mol. The van der Waals surface area contributed by atoms with E-state index in [1.54, 1.807) is 16.7 Å². The van der Waals surface area contributed by atoms with E-state index in [1.807, 2.05) is 13.8 Å². The lowest BCUT2D eigenvalue weighted by Gasteiger charge is -2.35. The van der Waals surface area contributed by atoms with Gasteiger partial charge in [-0.05, 0) is 13.8 Å². The van der Waals surface area contributed by atoms with Gasteiger partial charge in [0.2, 0.25) is 5.88 Å². The molecule has 7 nitrogen and oxygen atoms in total. The Morgan fingerprint density at radius 3 is 2.81 bits per heavy atom. The minimum absolute atomic E-state index is 0.0716. The highest BCUT2D eigenvalue weighted by atomic mass is 32.2. The number of ether oxygens (including phenoxy) is 1. The van der Waals surface area contributed by atoms with Crippen molar-refractivity contribution in [1.82, 2.24) is 9.97 Å². The molecule has 21 heavy (non-hydrogen) atoms. The molecular weight excluding hydrogens is 312 g/mol. The molecule has 0 spiro atoms. The SMILES string of the molecule is CC(C)Oc1ncnc(N2CCSCC2S(C)(=O)=O)c1N. The molecule has 1 aliphatic heterocycles. The van der Waals surface area contributed by atoms with Crippen molar-refractivity contribution in [2.24, 2.45) is 0 Å².